The summed E-state index contributed by atoms with van der Waals surface area (Å²) in [7, 11) is 0. The Morgan fingerprint density at radius 1 is 0.442 bits per heavy atom. The minimum atomic E-state index is -0.720. The molecule has 4 N–H and O–H groups in total. The van der Waals surface area contributed by atoms with E-state index in [9.17, 15) is 0 Å². The van der Waals surface area contributed by atoms with Gasteiger partial charge in [-0.05, 0) is 59.4 Å². The molecule has 5 heteroatoms. The molecule has 2 unspecified atom stereocenters. The van der Waals surface area contributed by atoms with E-state index in [1.807, 2.05) is 72.7 Å². The van der Waals surface area contributed by atoms with Crippen molar-refractivity contribution in [3.05, 3.63) is 192 Å². The number of aromatic nitrogens is 2. The van der Waals surface area contributed by atoms with E-state index in [1.54, 1.807) is 0 Å². The number of hydrogen-bond donors (Lipinski definition) is 2. The van der Waals surface area contributed by atoms with Crippen LogP contribution in [-0.2, 0) is 22.3 Å². The number of nitrogens with zero attached hydrogens (tertiary/aromatic N) is 2. The van der Waals surface area contributed by atoms with E-state index in [-0.39, 0.29) is 0 Å². The van der Waals surface area contributed by atoms with Gasteiger partial charge in [-0.25, -0.2) is 0 Å². The Morgan fingerprint density at radius 3 is 1.14 bits per heavy atom. The molecule has 0 aliphatic heterocycles. The van der Waals surface area contributed by atoms with Crippen LogP contribution in [0.1, 0.15) is 33.6 Å². The van der Waals surface area contributed by atoms with Crippen LogP contribution in [0.15, 0.2) is 158 Å². The topological polar surface area (TPSA) is 77.8 Å². The highest BCUT2D eigenvalue weighted by Crippen LogP contribution is 2.59. The molecule has 0 saturated carbocycles. The van der Waals surface area contributed by atoms with Gasteiger partial charge < -0.3 is 11.5 Å². The van der Waals surface area contributed by atoms with E-state index >= 15 is 0 Å². The van der Waals surface area contributed by atoms with E-state index in [0.29, 0.717) is 24.2 Å². The Kier molecular flexibility index (Phi) is 8.25. The first kappa shape index (κ1) is 28.3. The number of benzene rings is 4. The van der Waals surface area contributed by atoms with Crippen molar-refractivity contribution in [2.45, 2.75) is 22.3 Å². The highest BCUT2D eigenvalue weighted by atomic mass is 32.2. The summed E-state index contributed by atoms with van der Waals surface area (Å²) in [5.74, 6) is 0. The van der Waals surface area contributed by atoms with Crippen LogP contribution in [0.3, 0.4) is 0 Å². The first-order valence-corrected chi connectivity index (χ1v) is 15.2. The zero-order valence-corrected chi connectivity index (χ0v) is 24.7. The second-order valence-corrected chi connectivity index (χ2v) is 12.3. The van der Waals surface area contributed by atoms with E-state index in [4.69, 9.17) is 21.4 Å². The number of hydrogen-bond acceptors (Lipinski definition) is 5. The summed E-state index contributed by atoms with van der Waals surface area (Å²) in [6, 6.07) is 50.0. The Morgan fingerprint density at radius 2 is 0.791 bits per heavy atom. The molecule has 4 aromatic carbocycles. The van der Waals surface area contributed by atoms with E-state index in [0.717, 1.165) is 22.5 Å². The average molecular weight is 579 g/mol. The van der Waals surface area contributed by atoms with Gasteiger partial charge in [0.25, 0.3) is 0 Å². The van der Waals surface area contributed by atoms with Crippen LogP contribution < -0.4 is 11.5 Å². The molecule has 0 bridgehead atoms. The smallest absolute Gasteiger partial charge is 0.0902 e. The van der Waals surface area contributed by atoms with Gasteiger partial charge in [-0.2, -0.15) is 0 Å². The lowest BCUT2D eigenvalue weighted by Gasteiger charge is -2.44. The predicted octanol–water partition coefficient (Wildman–Crippen LogP) is 8.05. The minimum Gasteiger partial charge on any atom is -0.397 e. The summed E-state index contributed by atoms with van der Waals surface area (Å²) < 4.78 is -1.44. The molecule has 0 aliphatic rings. The fourth-order valence-corrected chi connectivity index (χ4v) is 8.04. The fraction of sp³-hybridized carbons (Fsp3) is 0.105. The molecule has 0 fully saturated rings. The maximum absolute atomic E-state index is 6.86. The lowest BCUT2D eigenvalue weighted by molar-refractivity contribution is 0.656. The summed E-state index contributed by atoms with van der Waals surface area (Å²) >= 11 is 1.83. The standard InChI is InChI=1S/C38H34N4S/c39-33-23-13-25-41-35(33)37(31-19-9-3-10-20-31,27-29-15-5-1-6-16-29)43-38(32-21-11-4-12-22-32,28-30-17-7-2-8-18-30)36-34(40)24-14-26-42-36/h1-26H,27-28,39-40H2. The molecule has 0 aliphatic carbocycles. The number of anilines is 2. The normalized spacial score (nSPS) is 14.0. The average Bonchev–Trinajstić information content (AvgIpc) is 3.06. The van der Waals surface area contributed by atoms with Crippen molar-refractivity contribution < 1.29 is 0 Å². The highest BCUT2D eigenvalue weighted by Gasteiger charge is 2.49. The molecule has 2 aromatic heterocycles. The molecule has 0 amide bonds. The third-order valence-electron chi connectivity index (χ3n) is 7.86. The van der Waals surface area contributed by atoms with Crippen LogP contribution in [0.5, 0.6) is 0 Å². The SMILES string of the molecule is Nc1cccnc1C(Cc1ccccc1)(SC(Cc1ccccc1)(c1ccccc1)c1ncccc1N)c1ccccc1. The second kappa shape index (κ2) is 12.6. The summed E-state index contributed by atoms with van der Waals surface area (Å²) in [5.41, 5.74) is 21.2. The molecule has 43 heavy (non-hydrogen) atoms. The molecule has 0 radical (unpaired) electrons. The van der Waals surface area contributed by atoms with Crippen molar-refractivity contribution in [1.29, 1.82) is 0 Å². The van der Waals surface area contributed by atoms with Crippen LogP contribution in [-0.4, -0.2) is 9.97 Å². The van der Waals surface area contributed by atoms with Gasteiger partial charge in [0.15, 0.2) is 0 Å². The number of rotatable bonds is 10. The monoisotopic (exact) mass is 578 g/mol. The summed E-state index contributed by atoms with van der Waals surface area (Å²) in [6.45, 7) is 0. The van der Waals surface area contributed by atoms with Crippen LogP contribution in [0.25, 0.3) is 0 Å². The molecule has 4 nitrogen and oxygen atoms in total. The van der Waals surface area contributed by atoms with Gasteiger partial charge in [0, 0.05) is 12.4 Å². The Balaban J connectivity index is 1.71. The van der Waals surface area contributed by atoms with E-state index < -0.39 is 9.49 Å². The Labute approximate surface area is 257 Å². The van der Waals surface area contributed by atoms with Crippen molar-refractivity contribution >= 4 is 23.1 Å². The van der Waals surface area contributed by atoms with Crippen molar-refractivity contribution in [1.82, 2.24) is 9.97 Å². The maximum Gasteiger partial charge on any atom is 0.0902 e. The zero-order valence-electron chi connectivity index (χ0n) is 23.9. The Hall–Kier alpha value is -4.87. The summed E-state index contributed by atoms with van der Waals surface area (Å²) in [6.07, 6.45) is 4.98. The molecule has 2 atom stereocenters. The number of thioether (sulfide) groups is 1. The lowest BCUT2D eigenvalue weighted by Crippen LogP contribution is -2.39. The molecular weight excluding hydrogens is 545 g/mol. The minimum absolute atomic E-state index is 0.644. The van der Waals surface area contributed by atoms with Gasteiger partial charge in [-0.1, -0.05) is 121 Å². The van der Waals surface area contributed by atoms with Crippen molar-refractivity contribution in [3.63, 3.8) is 0 Å². The molecule has 6 aromatic rings. The lowest BCUT2D eigenvalue weighted by atomic mass is 9.85. The maximum atomic E-state index is 6.86. The van der Waals surface area contributed by atoms with Gasteiger partial charge in [-0.15, -0.1) is 11.8 Å². The fourth-order valence-electron chi connectivity index (χ4n) is 5.92. The van der Waals surface area contributed by atoms with Crippen molar-refractivity contribution in [2.75, 3.05) is 11.5 Å². The molecule has 0 saturated heterocycles. The third-order valence-corrected chi connectivity index (χ3v) is 9.71. The van der Waals surface area contributed by atoms with Gasteiger partial charge in [0.2, 0.25) is 0 Å². The first-order valence-electron chi connectivity index (χ1n) is 14.4. The van der Waals surface area contributed by atoms with Crippen molar-refractivity contribution in [3.8, 4) is 0 Å². The highest BCUT2D eigenvalue weighted by molar-refractivity contribution is 8.01. The predicted molar refractivity (Wildman–Crippen MR) is 180 cm³/mol. The van der Waals surface area contributed by atoms with Crippen LogP contribution in [0.2, 0.25) is 0 Å². The van der Waals surface area contributed by atoms with E-state index in [2.05, 4.69) is 97.1 Å². The molecule has 212 valence electrons. The van der Waals surface area contributed by atoms with Crippen LogP contribution in [0, 0.1) is 0 Å². The van der Waals surface area contributed by atoms with Crippen LogP contribution >= 0.6 is 11.8 Å². The largest absolute Gasteiger partial charge is 0.397 e. The van der Waals surface area contributed by atoms with Gasteiger partial charge in [0.1, 0.15) is 0 Å². The molecule has 2 heterocycles. The quantitative estimate of drug-likeness (QED) is 0.172. The molecule has 0 spiro atoms. The molecule has 6 rings (SSSR count). The second-order valence-electron chi connectivity index (χ2n) is 10.7. The van der Waals surface area contributed by atoms with Gasteiger partial charge in [0.05, 0.1) is 32.3 Å². The molecular formula is C38H34N4S. The van der Waals surface area contributed by atoms with Gasteiger partial charge >= 0.3 is 0 Å². The van der Waals surface area contributed by atoms with Gasteiger partial charge in [-0.3, -0.25) is 9.97 Å². The zero-order chi connectivity index (χ0) is 29.5. The third kappa shape index (κ3) is 5.77. The summed E-state index contributed by atoms with van der Waals surface area (Å²) in [4.78, 5) is 10.1. The number of nitrogen functional groups attached to an aromatic ring is 2. The van der Waals surface area contributed by atoms with Crippen molar-refractivity contribution in [2.24, 2.45) is 0 Å². The number of pyridine rings is 2. The first-order chi connectivity index (χ1) is 21.1. The Bertz CT molecular complexity index is 1630. The number of nitrogens with two attached hydrogens (primary N) is 2. The summed E-state index contributed by atoms with van der Waals surface area (Å²) in [5, 5.41) is 0. The van der Waals surface area contributed by atoms with Crippen LogP contribution in [0.4, 0.5) is 11.4 Å². The van der Waals surface area contributed by atoms with E-state index in [1.165, 1.54) is 11.1 Å².